The minimum Gasteiger partial charge on any atom is -0.497 e. The van der Waals surface area contributed by atoms with E-state index in [9.17, 15) is 9.59 Å². The summed E-state index contributed by atoms with van der Waals surface area (Å²) in [6.07, 6.45) is 1.64. The fourth-order valence-electron chi connectivity index (χ4n) is 2.73. The molecule has 0 aromatic heterocycles. The molecule has 0 unspecified atom stereocenters. The lowest BCUT2D eigenvalue weighted by atomic mass is 10.1. The third-order valence-electron chi connectivity index (χ3n) is 4.16. The van der Waals surface area contributed by atoms with Crippen LogP contribution in [0, 0.1) is 5.92 Å². The molecule has 0 aliphatic carbocycles. The Morgan fingerprint density at radius 2 is 2.00 bits per heavy atom. The molecule has 1 aliphatic heterocycles. The summed E-state index contributed by atoms with van der Waals surface area (Å²) in [5, 5.41) is 4.49. The number of nitrogens with one attached hydrogen (secondary N) is 1. The first kappa shape index (κ1) is 17.9. The first-order valence-corrected chi connectivity index (χ1v) is 8.48. The fraction of sp³-hybridized carbons (Fsp3) is 0.211. The first-order chi connectivity index (χ1) is 12.6. The van der Waals surface area contributed by atoms with Crippen LogP contribution in [0.25, 0.3) is 0 Å². The predicted octanol–water partition coefficient (Wildman–Crippen LogP) is 2.85. The van der Waals surface area contributed by atoms with Gasteiger partial charge < -0.3 is 9.64 Å². The molecule has 7 heteroatoms. The van der Waals surface area contributed by atoms with Gasteiger partial charge in [0.25, 0.3) is 0 Å². The van der Waals surface area contributed by atoms with E-state index in [-0.39, 0.29) is 18.2 Å². The number of ether oxygens (including phenoxy) is 1. The number of hydrogen-bond acceptors (Lipinski definition) is 4. The van der Waals surface area contributed by atoms with E-state index in [2.05, 4.69) is 10.5 Å². The smallest absolute Gasteiger partial charge is 0.245 e. The van der Waals surface area contributed by atoms with Crippen molar-refractivity contribution in [3.8, 4) is 5.75 Å². The minimum atomic E-state index is -0.451. The number of methoxy groups -OCH3 is 1. The van der Waals surface area contributed by atoms with E-state index in [4.69, 9.17) is 16.3 Å². The summed E-state index contributed by atoms with van der Waals surface area (Å²) in [6.45, 7) is 0.318. The topological polar surface area (TPSA) is 71.0 Å². The highest BCUT2D eigenvalue weighted by molar-refractivity contribution is 6.33. The number of halogens is 1. The van der Waals surface area contributed by atoms with Crippen LogP contribution in [0.4, 0.5) is 5.69 Å². The zero-order valence-electron chi connectivity index (χ0n) is 14.2. The summed E-state index contributed by atoms with van der Waals surface area (Å²) in [7, 11) is 1.58. The van der Waals surface area contributed by atoms with Crippen LogP contribution in [0.5, 0.6) is 5.75 Å². The molecule has 1 atom stereocenters. The Balaban J connectivity index is 1.60. The van der Waals surface area contributed by atoms with E-state index in [1.165, 1.54) is 6.21 Å². The van der Waals surface area contributed by atoms with Gasteiger partial charge in [0, 0.05) is 29.2 Å². The van der Waals surface area contributed by atoms with Gasteiger partial charge in [0.15, 0.2) is 0 Å². The molecule has 2 amide bonds. The van der Waals surface area contributed by atoms with E-state index in [1.54, 1.807) is 48.4 Å². The van der Waals surface area contributed by atoms with Crippen molar-refractivity contribution in [2.75, 3.05) is 18.6 Å². The lowest BCUT2D eigenvalue weighted by Crippen LogP contribution is -2.30. The largest absolute Gasteiger partial charge is 0.497 e. The van der Waals surface area contributed by atoms with E-state index in [1.807, 2.05) is 12.1 Å². The molecule has 1 aliphatic rings. The molecule has 1 heterocycles. The van der Waals surface area contributed by atoms with Gasteiger partial charge >= 0.3 is 0 Å². The standard InChI is InChI=1S/C19H18ClN3O3/c1-26-16-8-6-15(7-9-16)23-12-14(10-18(23)24)19(25)22-21-11-13-4-2-3-5-17(13)20/h2-9,11,14H,10,12H2,1H3,(H,22,25)/b21-11+/t14-/m0/s1. The van der Waals surface area contributed by atoms with E-state index in [0.717, 1.165) is 5.69 Å². The Morgan fingerprint density at radius 3 is 2.69 bits per heavy atom. The molecule has 1 saturated heterocycles. The molecular formula is C19H18ClN3O3. The van der Waals surface area contributed by atoms with E-state index >= 15 is 0 Å². The Labute approximate surface area is 156 Å². The predicted molar refractivity (Wildman–Crippen MR) is 101 cm³/mol. The molecule has 6 nitrogen and oxygen atoms in total. The zero-order valence-corrected chi connectivity index (χ0v) is 14.9. The average molecular weight is 372 g/mol. The van der Waals surface area contributed by atoms with Gasteiger partial charge in [-0.1, -0.05) is 29.8 Å². The van der Waals surface area contributed by atoms with Crippen LogP contribution in [0.15, 0.2) is 53.6 Å². The summed E-state index contributed by atoms with van der Waals surface area (Å²) >= 11 is 6.03. The van der Waals surface area contributed by atoms with Crippen molar-refractivity contribution in [2.45, 2.75) is 6.42 Å². The second kappa shape index (κ2) is 8.01. The molecule has 0 saturated carbocycles. The molecule has 1 N–H and O–H groups in total. The van der Waals surface area contributed by atoms with Gasteiger partial charge in [-0.05, 0) is 30.3 Å². The lowest BCUT2D eigenvalue weighted by molar-refractivity contribution is -0.126. The molecule has 3 rings (SSSR count). The van der Waals surface area contributed by atoms with Crippen molar-refractivity contribution in [3.63, 3.8) is 0 Å². The van der Waals surface area contributed by atoms with Crippen LogP contribution in [-0.2, 0) is 9.59 Å². The number of rotatable bonds is 5. The molecule has 134 valence electrons. The Hall–Kier alpha value is -2.86. The van der Waals surface area contributed by atoms with Crippen molar-refractivity contribution in [1.29, 1.82) is 0 Å². The summed E-state index contributed by atoms with van der Waals surface area (Å²) < 4.78 is 5.11. The van der Waals surface area contributed by atoms with Crippen molar-refractivity contribution in [2.24, 2.45) is 11.0 Å². The van der Waals surface area contributed by atoms with Gasteiger partial charge in [-0.25, -0.2) is 5.43 Å². The normalized spacial score (nSPS) is 16.9. The average Bonchev–Trinajstić information content (AvgIpc) is 3.05. The molecule has 0 spiro atoms. The van der Waals surface area contributed by atoms with Crippen LogP contribution in [0.1, 0.15) is 12.0 Å². The van der Waals surface area contributed by atoms with Crippen molar-refractivity contribution < 1.29 is 14.3 Å². The maximum atomic E-state index is 12.3. The minimum absolute atomic E-state index is 0.0922. The third-order valence-corrected chi connectivity index (χ3v) is 4.51. The number of nitrogens with zero attached hydrogens (tertiary/aromatic N) is 2. The molecule has 26 heavy (non-hydrogen) atoms. The molecule has 0 radical (unpaired) electrons. The molecule has 1 fully saturated rings. The number of carbonyl (C=O) groups excluding carboxylic acids is 2. The fourth-order valence-corrected chi connectivity index (χ4v) is 2.92. The summed E-state index contributed by atoms with van der Waals surface area (Å²) in [5.41, 5.74) is 3.93. The maximum Gasteiger partial charge on any atom is 0.245 e. The number of amides is 2. The highest BCUT2D eigenvalue weighted by atomic mass is 35.5. The number of anilines is 1. The summed E-state index contributed by atoms with van der Waals surface area (Å²) in [5.74, 6) is -0.125. The number of carbonyl (C=O) groups is 2. The van der Waals surface area contributed by atoms with Gasteiger partial charge in [-0.3, -0.25) is 9.59 Å². The van der Waals surface area contributed by atoms with Crippen LogP contribution in [-0.4, -0.2) is 31.7 Å². The highest BCUT2D eigenvalue weighted by Crippen LogP contribution is 2.26. The van der Waals surface area contributed by atoms with Crippen LogP contribution >= 0.6 is 11.6 Å². The Kier molecular flexibility index (Phi) is 5.53. The molecule has 2 aromatic rings. The number of hydrogen-bond donors (Lipinski definition) is 1. The van der Waals surface area contributed by atoms with Gasteiger partial charge in [0.2, 0.25) is 11.8 Å². The van der Waals surface area contributed by atoms with Crippen molar-refractivity contribution in [3.05, 3.63) is 59.1 Å². The second-order valence-electron chi connectivity index (χ2n) is 5.86. The monoisotopic (exact) mass is 371 g/mol. The number of benzene rings is 2. The highest BCUT2D eigenvalue weighted by Gasteiger charge is 2.35. The second-order valence-corrected chi connectivity index (χ2v) is 6.27. The van der Waals surface area contributed by atoms with Gasteiger partial charge in [-0.15, -0.1) is 0 Å². The van der Waals surface area contributed by atoms with Gasteiger partial charge in [0.05, 0.1) is 19.2 Å². The Bertz CT molecular complexity index is 836. The number of hydrazone groups is 1. The lowest BCUT2D eigenvalue weighted by Gasteiger charge is -2.16. The third kappa shape index (κ3) is 4.03. The maximum absolute atomic E-state index is 12.3. The van der Waals surface area contributed by atoms with Gasteiger partial charge in [0.1, 0.15) is 5.75 Å². The molecule has 0 bridgehead atoms. The molecular weight excluding hydrogens is 354 g/mol. The van der Waals surface area contributed by atoms with Crippen molar-refractivity contribution >= 4 is 35.3 Å². The summed E-state index contributed by atoms with van der Waals surface area (Å²) in [4.78, 5) is 26.1. The quantitative estimate of drug-likeness (QED) is 0.649. The summed E-state index contributed by atoms with van der Waals surface area (Å²) in [6, 6.07) is 14.3. The van der Waals surface area contributed by atoms with Crippen LogP contribution < -0.4 is 15.1 Å². The Morgan fingerprint density at radius 1 is 1.27 bits per heavy atom. The first-order valence-electron chi connectivity index (χ1n) is 8.10. The molecule has 2 aromatic carbocycles. The SMILES string of the molecule is COc1ccc(N2C[C@@H](C(=O)N/N=C/c3ccccc3Cl)CC2=O)cc1. The van der Waals surface area contributed by atoms with E-state index in [0.29, 0.717) is 22.9 Å². The van der Waals surface area contributed by atoms with Crippen LogP contribution in [0.2, 0.25) is 5.02 Å². The zero-order chi connectivity index (χ0) is 18.5. The van der Waals surface area contributed by atoms with E-state index < -0.39 is 5.92 Å². The van der Waals surface area contributed by atoms with Gasteiger partial charge in [-0.2, -0.15) is 5.10 Å². The van der Waals surface area contributed by atoms with Crippen LogP contribution in [0.3, 0.4) is 0 Å². The van der Waals surface area contributed by atoms with Crippen molar-refractivity contribution in [1.82, 2.24) is 5.43 Å².